The van der Waals surface area contributed by atoms with Crippen LogP contribution in [0, 0.1) is 0 Å². The van der Waals surface area contributed by atoms with E-state index in [9.17, 15) is 0 Å². The molecule has 2 aliphatic heterocycles. The fourth-order valence-corrected chi connectivity index (χ4v) is 1.94. The molecule has 0 N–H and O–H groups in total. The lowest BCUT2D eigenvalue weighted by Gasteiger charge is -2.21. The van der Waals surface area contributed by atoms with Crippen LogP contribution < -0.4 is 0 Å². The van der Waals surface area contributed by atoms with Crippen LogP contribution in [-0.4, -0.2) is 36.0 Å². The highest BCUT2D eigenvalue weighted by Gasteiger charge is 2.32. The molecule has 2 rings (SSSR count). The Morgan fingerprint density at radius 2 is 2.40 bits per heavy atom. The maximum absolute atomic E-state index is 4.03. The third-order valence-electron chi connectivity index (χ3n) is 2.72. The number of fused-ring (bicyclic) bond motifs is 2. The van der Waals surface area contributed by atoms with Gasteiger partial charge in [-0.2, -0.15) is 0 Å². The molecule has 0 saturated carbocycles. The monoisotopic (exact) mass is 138 g/mol. The maximum atomic E-state index is 4.03. The first-order valence-corrected chi connectivity index (χ1v) is 3.96. The molecule has 0 aromatic carbocycles. The number of rotatable bonds is 0. The molecule has 10 heavy (non-hydrogen) atoms. The lowest BCUT2D eigenvalue weighted by molar-refractivity contribution is 0.308. The Kier molecular flexibility index (Phi) is 1.16. The van der Waals surface area contributed by atoms with Crippen molar-refractivity contribution in [3.8, 4) is 0 Å². The Morgan fingerprint density at radius 3 is 3.00 bits per heavy atom. The summed E-state index contributed by atoms with van der Waals surface area (Å²) in [6.07, 6.45) is 2.69. The summed E-state index contributed by atoms with van der Waals surface area (Å²) in [5.41, 5.74) is 0. The zero-order chi connectivity index (χ0) is 7.14. The first-order valence-electron chi connectivity index (χ1n) is 3.96. The van der Waals surface area contributed by atoms with Gasteiger partial charge in [0.25, 0.3) is 0 Å². The van der Waals surface area contributed by atoms with Crippen molar-refractivity contribution in [1.82, 2.24) is 9.80 Å². The lowest BCUT2D eigenvalue weighted by Crippen LogP contribution is -2.29. The molecule has 56 valence electrons. The summed E-state index contributed by atoms with van der Waals surface area (Å²) >= 11 is 0. The van der Waals surface area contributed by atoms with Gasteiger partial charge in [0.05, 0.1) is 5.82 Å². The average molecular weight is 138 g/mol. The highest BCUT2D eigenvalue weighted by atomic mass is 15.4. The van der Waals surface area contributed by atoms with E-state index in [1.54, 1.807) is 0 Å². The molecule has 2 aliphatic rings. The molecule has 2 heteroatoms. The molecule has 2 heterocycles. The lowest BCUT2D eigenvalue weighted by atomic mass is 10.1. The fourth-order valence-electron chi connectivity index (χ4n) is 1.94. The molecule has 1 atom stereocenters. The molecule has 0 aliphatic carbocycles. The van der Waals surface area contributed by atoms with Gasteiger partial charge in [-0.25, -0.2) is 0 Å². The summed E-state index contributed by atoms with van der Waals surface area (Å²) < 4.78 is 0. The van der Waals surface area contributed by atoms with Crippen LogP contribution in [0.5, 0.6) is 0 Å². The van der Waals surface area contributed by atoms with E-state index >= 15 is 0 Å². The zero-order valence-corrected chi connectivity index (χ0v) is 6.51. The first kappa shape index (κ1) is 6.08. The Bertz CT molecular complexity index is 161. The van der Waals surface area contributed by atoms with Gasteiger partial charge in [0.15, 0.2) is 0 Å². The number of hydrogen-bond donors (Lipinski definition) is 0. The molecule has 0 radical (unpaired) electrons. The van der Waals surface area contributed by atoms with E-state index in [0.29, 0.717) is 0 Å². The number of likely N-dealkylation sites (N-methyl/N-ethyl adjacent to an activating group) is 1. The second-order valence-electron chi connectivity index (χ2n) is 3.27. The van der Waals surface area contributed by atoms with Crippen molar-refractivity contribution in [2.45, 2.75) is 18.9 Å². The summed E-state index contributed by atoms with van der Waals surface area (Å²) in [7, 11) is 2.15. The predicted molar refractivity (Wildman–Crippen MR) is 41.5 cm³/mol. The third kappa shape index (κ3) is 0.648. The van der Waals surface area contributed by atoms with Gasteiger partial charge in [-0.05, 0) is 12.8 Å². The molecular formula is C8H14N2. The van der Waals surface area contributed by atoms with Crippen molar-refractivity contribution in [2.75, 3.05) is 20.1 Å². The first-order chi connectivity index (χ1) is 4.79. The van der Waals surface area contributed by atoms with Crippen LogP contribution in [0.1, 0.15) is 12.8 Å². The Labute approximate surface area is 62.1 Å². The topological polar surface area (TPSA) is 6.48 Å². The van der Waals surface area contributed by atoms with Crippen LogP contribution in [0.3, 0.4) is 0 Å². The van der Waals surface area contributed by atoms with Crippen LogP contribution >= 0.6 is 0 Å². The van der Waals surface area contributed by atoms with Gasteiger partial charge >= 0.3 is 0 Å². The van der Waals surface area contributed by atoms with Gasteiger partial charge in [0, 0.05) is 26.2 Å². The van der Waals surface area contributed by atoms with Gasteiger partial charge in [-0.3, -0.25) is 0 Å². The minimum Gasteiger partial charge on any atom is -0.357 e. The van der Waals surface area contributed by atoms with Crippen LogP contribution in [-0.2, 0) is 0 Å². The van der Waals surface area contributed by atoms with Gasteiger partial charge in [0.1, 0.15) is 0 Å². The number of nitrogens with zero attached hydrogens (tertiary/aromatic N) is 2. The fraction of sp³-hybridized carbons (Fsp3) is 0.750. The summed E-state index contributed by atoms with van der Waals surface area (Å²) in [5.74, 6) is 1.22. The van der Waals surface area contributed by atoms with Gasteiger partial charge in [0.2, 0.25) is 0 Å². The van der Waals surface area contributed by atoms with Crippen LogP contribution in [0.2, 0.25) is 0 Å². The Morgan fingerprint density at radius 1 is 1.60 bits per heavy atom. The van der Waals surface area contributed by atoms with Crippen LogP contribution in [0.15, 0.2) is 12.4 Å². The largest absolute Gasteiger partial charge is 0.357 e. The average Bonchev–Trinajstić information content (AvgIpc) is 2.17. The van der Waals surface area contributed by atoms with Gasteiger partial charge in [-0.15, -0.1) is 0 Å². The van der Waals surface area contributed by atoms with Crippen molar-refractivity contribution in [3.05, 3.63) is 12.4 Å². The van der Waals surface area contributed by atoms with E-state index in [4.69, 9.17) is 0 Å². The molecule has 2 saturated heterocycles. The quantitative estimate of drug-likeness (QED) is 0.490. The van der Waals surface area contributed by atoms with Crippen molar-refractivity contribution in [1.29, 1.82) is 0 Å². The standard InChI is InChI=1S/C8H14N2/c1-7-9(2)8-4-3-5-10(7)6-8/h8H,1,3-6H2,2H3. The second kappa shape index (κ2) is 1.91. The molecule has 0 amide bonds. The minimum absolute atomic E-state index is 0.765. The molecule has 0 aromatic heterocycles. The summed E-state index contributed by atoms with van der Waals surface area (Å²) in [6, 6.07) is 0.765. The molecule has 2 bridgehead atoms. The highest BCUT2D eigenvalue weighted by molar-refractivity contribution is 5.05. The summed E-state index contributed by atoms with van der Waals surface area (Å²) in [5, 5.41) is 0. The van der Waals surface area contributed by atoms with Crippen LogP contribution in [0.25, 0.3) is 0 Å². The van der Waals surface area contributed by atoms with Gasteiger partial charge < -0.3 is 9.80 Å². The molecule has 1 unspecified atom stereocenters. The molecular weight excluding hydrogens is 124 g/mol. The molecule has 0 aromatic rings. The SMILES string of the molecule is C=C1N2CCCC(C2)N1C. The Hall–Kier alpha value is -0.660. The van der Waals surface area contributed by atoms with E-state index < -0.39 is 0 Å². The van der Waals surface area contributed by atoms with Crippen LogP contribution in [0.4, 0.5) is 0 Å². The van der Waals surface area contributed by atoms with E-state index in [2.05, 4.69) is 23.4 Å². The minimum atomic E-state index is 0.765. The zero-order valence-electron chi connectivity index (χ0n) is 6.51. The summed E-state index contributed by atoms with van der Waals surface area (Å²) in [4.78, 5) is 4.70. The summed E-state index contributed by atoms with van der Waals surface area (Å²) in [6.45, 7) is 6.47. The van der Waals surface area contributed by atoms with Gasteiger partial charge in [-0.1, -0.05) is 6.58 Å². The van der Waals surface area contributed by atoms with Crippen molar-refractivity contribution in [2.24, 2.45) is 0 Å². The number of piperidine rings is 1. The molecule has 2 nitrogen and oxygen atoms in total. The van der Waals surface area contributed by atoms with E-state index in [1.807, 2.05) is 0 Å². The van der Waals surface area contributed by atoms with E-state index in [0.717, 1.165) is 6.04 Å². The molecule has 2 fully saturated rings. The normalized spacial score (nSPS) is 31.7. The Balaban J connectivity index is 2.21. The molecule has 0 spiro atoms. The van der Waals surface area contributed by atoms with Crippen molar-refractivity contribution >= 4 is 0 Å². The van der Waals surface area contributed by atoms with E-state index in [-0.39, 0.29) is 0 Å². The van der Waals surface area contributed by atoms with E-state index in [1.165, 1.54) is 31.8 Å². The predicted octanol–water partition coefficient (Wildman–Crippen LogP) is 0.867. The third-order valence-corrected chi connectivity index (χ3v) is 2.72. The second-order valence-corrected chi connectivity index (χ2v) is 3.27. The maximum Gasteiger partial charge on any atom is 0.0966 e. The smallest absolute Gasteiger partial charge is 0.0966 e. The van der Waals surface area contributed by atoms with Crippen molar-refractivity contribution < 1.29 is 0 Å². The highest BCUT2D eigenvalue weighted by Crippen LogP contribution is 2.28. The number of hydrogen-bond acceptors (Lipinski definition) is 2. The van der Waals surface area contributed by atoms with Crippen molar-refractivity contribution in [3.63, 3.8) is 0 Å².